The van der Waals surface area contributed by atoms with Crippen LogP contribution in [0.5, 0.6) is 0 Å². The Hall–Kier alpha value is -1.08. The molecule has 80 valence electrons. The van der Waals surface area contributed by atoms with Gasteiger partial charge in [-0.25, -0.2) is 0 Å². The maximum Gasteiger partial charge on any atom is 0.131 e. The molecule has 0 aliphatic rings. The summed E-state index contributed by atoms with van der Waals surface area (Å²) in [5, 5.41) is 10.0. The van der Waals surface area contributed by atoms with E-state index in [0.717, 1.165) is 22.2 Å². The van der Waals surface area contributed by atoms with Crippen LogP contribution in [0.1, 0.15) is 11.4 Å². The predicted octanol–water partition coefficient (Wildman–Crippen LogP) is 1.45. The summed E-state index contributed by atoms with van der Waals surface area (Å²) < 4.78 is 5.65. The second kappa shape index (κ2) is 4.19. The number of nitrogens with two attached hydrogens (primary N) is 1. The maximum atomic E-state index is 5.71. The number of rotatable bonds is 3. The van der Waals surface area contributed by atoms with Gasteiger partial charge in [-0.3, -0.25) is 4.68 Å². The average Bonchev–Trinajstić information content (AvgIpc) is 2.70. The zero-order valence-electron chi connectivity index (χ0n) is 8.47. The van der Waals surface area contributed by atoms with E-state index in [1.165, 1.54) is 11.5 Å². The molecular weight excluding hydrogens is 230 g/mol. The van der Waals surface area contributed by atoms with Gasteiger partial charge in [0.25, 0.3) is 0 Å². The number of nitrogen functional groups attached to an aromatic ring is 1. The molecule has 0 atom stereocenters. The monoisotopic (exact) mass is 241 g/mol. The Morgan fingerprint density at radius 2 is 2.40 bits per heavy atom. The first kappa shape index (κ1) is 10.4. The fourth-order valence-corrected chi connectivity index (χ4v) is 2.70. The van der Waals surface area contributed by atoms with E-state index in [9.17, 15) is 0 Å². The Kier molecular flexibility index (Phi) is 2.92. The molecule has 0 fully saturated rings. The van der Waals surface area contributed by atoms with Crippen LogP contribution in [0.3, 0.4) is 0 Å². The molecule has 2 aromatic heterocycles. The normalized spacial score (nSPS) is 10.8. The van der Waals surface area contributed by atoms with Gasteiger partial charge >= 0.3 is 0 Å². The van der Waals surface area contributed by atoms with Crippen LogP contribution >= 0.6 is 23.3 Å². The van der Waals surface area contributed by atoms with Gasteiger partial charge in [-0.05, 0) is 13.0 Å². The molecule has 5 nitrogen and oxygen atoms in total. The Morgan fingerprint density at radius 3 is 2.93 bits per heavy atom. The molecule has 0 saturated carbocycles. The third kappa shape index (κ3) is 2.29. The number of anilines is 1. The van der Waals surface area contributed by atoms with E-state index in [0.29, 0.717) is 5.00 Å². The van der Waals surface area contributed by atoms with Gasteiger partial charge in [-0.15, -0.1) is 16.9 Å². The topological polar surface area (TPSA) is 69.6 Å². The molecule has 2 rings (SSSR count). The van der Waals surface area contributed by atoms with E-state index in [4.69, 9.17) is 5.73 Å². The lowest BCUT2D eigenvalue weighted by Crippen LogP contribution is -1.94. The Labute approximate surface area is 95.8 Å². The lowest BCUT2D eigenvalue weighted by molar-refractivity contribution is 0.692. The molecular formula is C8H11N5S2. The van der Waals surface area contributed by atoms with E-state index >= 15 is 0 Å². The summed E-state index contributed by atoms with van der Waals surface area (Å²) in [4.78, 5) is 0. The fraction of sp³-hybridized carbons (Fsp3) is 0.375. The zero-order chi connectivity index (χ0) is 10.8. The largest absolute Gasteiger partial charge is 0.388 e. The number of hydrogen-bond donors (Lipinski definition) is 1. The van der Waals surface area contributed by atoms with Crippen molar-refractivity contribution in [3.8, 4) is 0 Å². The minimum absolute atomic E-state index is 0.696. The highest BCUT2D eigenvalue weighted by Gasteiger charge is 2.07. The molecule has 15 heavy (non-hydrogen) atoms. The van der Waals surface area contributed by atoms with Gasteiger partial charge in [0.15, 0.2) is 0 Å². The number of thioether (sulfide) groups is 1. The summed E-state index contributed by atoms with van der Waals surface area (Å²) >= 11 is 2.89. The number of aromatic nitrogens is 4. The van der Waals surface area contributed by atoms with Crippen molar-refractivity contribution in [1.29, 1.82) is 0 Å². The molecule has 0 spiro atoms. The van der Waals surface area contributed by atoms with Gasteiger partial charge in [-0.1, -0.05) is 4.49 Å². The number of hydrogen-bond acceptors (Lipinski definition) is 6. The van der Waals surface area contributed by atoms with Gasteiger partial charge in [0.05, 0.1) is 10.7 Å². The van der Waals surface area contributed by atoms with Crippen LogP contribution in [-0.4, -0.2) is 19.4 Å². The number of aryl methyl sites for hydroxylation is 2. The molecule has 0 unspecified atom stereocenters. The van der Waals surface area contributed by atoms with Gasteiger partial charge in [0.1, 0.15) is 10.7 Å². The highest BCUT2D eigenvalue weighted by atomic mass is 32.2. The first-order valence-corrected chi connectivity index (χ1v) is 6.13. The number of nitrogens with zero attached hydrogens (tertiary/aromatic N) is 4. The molecule has 0 aromatic carbocycles. The molecule has 0 saturated heterocycles. The zero-order valence-corrected chi connectivity index (χ0v) is 10.1. The summed E-state index contributed by atoms with van der Waals surface area (Å²) in [6.45, 7) is 1.98. The van der Waals surface area contributed by atoms with Crippen LogP contribution in [0.4, 0.5) is 5.00 Å². The van der Waals surface area contributed by atoms with Gasteiger partial charge < -0.3 is 5.73 Å². The second-order valence-corrected chi connectivity index (χ2v) is 4.90. The minimum atomic E-state index is 0.696. The molecule has 0 amide bonds. The van der Waals surface area contributed by atoms with Crippen LogP contribution in [-0.2, 0) is 12.8 Å². The van der Waals surface area contributed by atoms with Crippen molar-refractivity contribution in [2.24, 2.45) is 7.05 Å². The van der Waals surface area contributed by atoms with Crippen LogP contribution in [0.15, 0.2) is 11.1 Å². The summed E-state index contributed by atoms with van der Waals surface area (Å²) in [5.41, 5.74) is 7.57. The van der Waals surface area contributed by atoms with Crippen LogP contribution < -0.4 is 5.73 Å². The lowest BCUT2D eigenvalue weighted by Gasteiger charge is -1.99. The van der Waals surface area contributed by atoms with E-state index in [2.05, 4.69) is 14.7 Å². The van der Waals surface area contributed by atoms with Crippen molar-refractivity contribution in [3.63, 3.8) is 0 Å². The molecule has 2 N–H and O–H groups in total. The summed E-state index contributed by atoms with van der Waals surface area (Å²) in [6.07, 6.45) is 0. The first-order valence-electron chi connectivity index (χ1n) is 4.37. The molecule has 0 radical (unpaired) electrons. The van der Waals surface area contributed by atoms with Crippen LogP contribution in [0.2, 0.25) is 0 Å². The third-order valence-corrected chi connectivity index (χ3v) is 3.59. The SMILES string of the molecule is Cc1cc(SCc2nnsc2N)n(C)n1. The quantitative estimate of drug-likeness (QED) is 0.824. The van der Waals surface area contributed by atoms with E-state index < -0.39 is 0 Å². The molecule has 2 heterocycles. The van der Waals surface area contributed by atoms with Crippen molar-refractivity contribution in [2.75, 3.05) is 5.73 Å². The van der Waals surface area contributed by atoms with Crippen molar-refractivity contribution in [3.05, 3.63) is 17.5 Å². The van der Waals surface area contributed by atoms with Gasteiger partial charge in [-0.2, -0.15) is 5.10 Å². The van der Waals surface area contributed by atoms with Crippen molar-refractivity contribution in [2.45, 2.75) is 17.7 Å². The lowest BCUT2D eigenvalue weighted by atomic mass is 10.5. The van der Waals surface area contributed by atoms with Crippen LogP contribution in [0, 0.1) is 6.92 Å². The first-order chi connectivity index (χ1) is 7.16. The Bertz CT molecular complexity index is 461. The molecule has 0 aliphatic heterocycles. The fourth-order valence-electron chi connectivity index (χ4n) is 1.18. The van der Waals surface area contributed by atoms with Crippen molar-refractivity contribution in [1.82, 2.24) is 19.4 Å². The smallest absolute Gasteiger partial charge is 0.131 e. The summed E-state index contributed by atoms with van der Waals surface area (Å²) in [5.74, 6) is 0.737. The van der Waals surface area contributed by atoms with E-state index in [-0.39, 0.29) is 0 Å². The maximum absolute atomic E-state index is 5.71. The van der Waals surface area contributed by atoms with Crippen LogP contribution in [0.25, 0.3) is 0 Å². The highest BCUT2D eigenvalue weighted by molar-refractivity contribution is 7.98. The van der Waals surface area contributed by atoms with Crippen molar-refractivity contribution >= 4 is 28.3 Å². The molecule has 2 aromatic rings. The molecule has 7 heteroatoms. The van der Waals surface area contributed by atoms with E-state index in [1.807, 2.05) is 24.7 Å². The summed E-state index contributed by atoms with van der Waals surface area (Å²) in [7, 11) is 1.93. The predicted molar refractivity (Wildman–Crippen MR) is 61.8 cm³/mol. The second-order valence-electron chi connectivity index (χ2n) is 3.12. The van der Waals surface area contributed by atoms with E-state index in [1.54, 1.807) is 11.8 Å². The third-order valence-electron chi connectivity index (χ3n) is 1.90. The Balaban J connectivity index is 2.05. The standard InChI is InChI=1S/C8H11N5S2/c1-5-3-7(13(2)11-5)14-4-6-8(9)15-12-10-6/h3H,4,9H2,1-2H3. The molecule has 0 aliphatic carbocycles. The minimum Gasteiger partial charge on any atom is -0.388 e. The Morgan fingerprint density at radius 1 is 1.60 bits per heavy atom. The highest BCUT2D eigenvalue weighted by Crippen LogP contribution is 2.25. The van der Waals surface area contributed by atoms with Gasteiger partial charge in [0.2, 0.25) is 0 Å². The summed E-state index contributed by atoms with van der Waals surface area (Å²) in [6, 6.07) is 2.04. The van der Waals surface area contributed by atoms with Crippen molar-refractivity contribution < 1.29 is 0 Å². The molecule has 0 bridgehead atoms. The average molecular weight is 241 g/mol. The van der Waals surface area contributed by atoms with Gasteiger partial charge in [0, 0.05) is 24.3 Å².